The number of nitrogens with one attached hydrogen (secondary N) is 1. The average molecular weight is 248 g/mol. The fraction of sp³-hybridized carbons (Fsp3) is 0.600. The Morgan fingerprint density at radius 1 is 1.22 bits per heavy atom. The van der Waals surface area contributed by atoms with Crippen LogP contribution in [0.2, 0.25) is 0 Å². The lowest BCUT2D eigenvalue weighted by molar-refractivity contribution is 0.151. The van der Waals surface area contributed by atoms with Crippen LogP contribution in [0.3, 0.4) is 0 Å². The number of phenols is 1. The van der Waals surface area contributed by atoms with Crippen LogP contribution < -0.4 is 5.32 Å². The molecule has 100 valence electrons. The first-order valence-corrected chi connectivity index (χ1v) is 6.91. The molecule has 0 bridgehead atoms. The maximum atomic E-state index is 10.1. The Bertz CT molecular complexity index is 373. The molecule has 0 unspecified atom stereocenters. The lowest BCUT2D eigenvalue weighted by Gasteiger charge is -2.36. The highest BCUT2D eigenvalue weighted by molar-refractivity contribution is 5.34. The predicted octanol–water partition coefficient (Wildman–Crippen LogP) is 2.38. The number of nitrogens with zero attached hydrogens (tertiary/aromatic N) is 1. The summed E-state index contributed by atoms with van der Waals surface area (Å²) in [6.07, 6.45) is 1.09. The summed E-state index contributed by atoms with van der Waals surface area (Å²) in [4.78, 5) is 2.49. The quantitative estimate of drug-likeness (QED) is 0.859. The van der Waals surface area contributed by atoms with Gasteiger partial charge in [-0.15, -0.1) is 0 Å². The van der Waals surface area contributed by atoms with Crippen LogP contribution in [0.25, 0.3) is 0 Å². The number of hydrogen-bond donors (Lipinski definition) is 2. The summed E-state index contributed by atoms with van der Waals surface area (Å²) >= 11 is 0. The molecular weight excluding hydrogens is 224 g/mol. The summed E-state index contributed by atoms with van der Waals surface area (Å²) < 4.78 is 0. The van der Waals surface area contributed by atoms with E-state index < -0.39 is 0 Å². The van der Waals surface area contributed by atoms with E-state index in [2.05, 4.69) is 30.1 Å². The number of para-hydroxylation sites is 1. The molecule has 0 spiro atoms. The summed E-state index contributed by atoms with van der Waals surface area (Å²) in [7, 11) is 0. The summed E-state index contributed by atoms with van der Waals surface area (Å²) in [5, 5.41) is 13.5. The first-order chi connectivity index (χ1) is 8.68. The third-order valence-corrected chi connectivity index (χ3v) is 3.58. The van der Waals surface area contributed by atoms with Crippen molar-refractivity contribution in [3.05, 3.63) is 29.8 Å². The van der Waals surface area contributed by atoms with Crippen molar-refractivity contribution >= 4 is 0 Å². The number of aromatic hydroxyl groups is 1. The smallest absolute Gasteiger partial charge is 0.120 e. The molecule has 2 N–H and O–H groups in total. The maximum absolute atomic E-state index is 10.1. The Labute approximate surface area is 110 Å². The van der Waals surface area contributed by atoms with Gasteiger partial charge in [-0.3, -0.25) is 4.90 Å². The van der Waals surface area contributed by atoms with Crippen LogP contribution in [-0.4, -0.2) is 36.2 Å². The van der Waals surface area contributed by atoms with Gasteiger partial charge in [0.1, 0.15) is 5.75 Å². The highest BCUT2D eigenvalue weighted by Gasteiger charge is 2.24. The minimum atomic E-state index is 0.341. The fourth-order valence-corrected chi connectivity index (χ4v) is 2.68. The van der Waals surface area contributed by atoms with E-state index in [4.69, 9.17) is 0 Å². The number of benzene rings is 1. The molecule has 1 heterocycles. The van der Waals surface area contributed by atoms with E-state index in [1.165, 1.54) is 0 Å². The van der Waals surface area contributed by atoms with Gasteiger partial charge in [0.05, 0.1) is 0 Å². The predicted molar refractivity (Wildman–Crippen MR) is 74.7 cm³/mol. The molecule has 0 aromatic heterocycles. The van der Waals surface area contributed by atoms with E-state index in [-0.39, 0.29) is 0 Å². The number of piperazine rings is 1. The third-order valence-electron chi connectivity index (χ3n) is 3.58. The topological polar surface area (TPSA) is 35.5 Å². The molecule has 0 saturated carbocycles. The SMILES string of the molecule is CC(C)C[C@H](c1ccccc1O)N1CCNCC1. The zero-order valence-corrected chi connectivity index (χ0v) is 11.4. The standard InChI is InChI=1S/C15H24N2O/c1-12(2)11-14(17-9-7-16-8-10-17)13-5-3-4-6-15(13)18/h3-6,12,14,16,18H,7-11H2,1-2H3/t14-/m1/s1. The van der Waals surface area contributed by atoms with E-state index in [1.54, 1.807) is 6.07 Å². The highest BCUT2D eigenvalue weighted by Crippen LogP contribution is 2.33. The molecular formula is C15H24N2O. The molecule has 1 saturated heterocycles. The van der Waals surface area contributed by atoms with Gasteiger partial charge in [0.15, 0.2) is 0 Å². The molecule has 1 atom stereocenters. The van der Waals surface area contributed by atoms with E-state index in [0.29, 0.717) is 17.7 Å². The lowest BCUT2D eigenvalue weighted by atomic mass is 9.94. The van der Waals surface area contributed by atoms with Crippen molar-refractivity contribution in [3.63, 3.8) is 0 Å². The first kappa shape index (κ1) is 13.4. The van der Waals surface area contributed by atoms with Crippen molar-refractivity contribution in [2.75, 3.05) is 26.2 Å². The van der Waals surface area contributed by atoms with Crippen LogP contribution in [0.15, 0.2) is 24.3 Å². The zero-order chi connectivity index (χ0) is 13.0. The first-order valence-electron chi connectivity index (χ1n) is 6.91. The van der Waals surface area contributed by atoms with E-state index in [9.17, 15) is 5.11 Å². The molecule has 0 radical (unpaired) electrons. The van der Waals surface area contributed by atoms with Gasteiger partial charge in [-0.2, -0.15) is 0 Å². The fourth-order valence-electron chi connectivity index (χ4n) is 2.68. The highest BCUT2D eigenvalue weighted by atomic mass is 16.3. The molecule has 1 aromatic rings. The lowest BCUT2D eigenvalue weighted by Crippen LogP contribution is -2.45. The monoisotopic (exact) mass is 248 g/mol. The number of hydrogen-bond acceptors (Lipinski definition) is 3. The molecule has 3 heteroatoms. The van der Waals surface area contributed by atoms with Crippen LogP contribution >= 0.6 is 0 Å². The van der Waals surface area contributed by atoms with Crippen LogP contribution in [-0.2, 0) is 0 Å². The summed E-state index contributed by atoms with van der Waals surface area (Å²) in [6.45, 7) is 8.70. The van der Waals surface area contributed by atoms with Crippen molar-refractivity contribution in [2.24, 2.45) is 5.92 Å². The minimum absolute atomic E-state index is 0.341. The summed E-state index contributed by atoms with van der Waals surface area (Å²) in [6, 6.07) is 8.11. The normalized spacial score (nSPS) is 19.1. The summed E-state index contributed by atoms with van der Waals surface area (Å²) in [5.41, 5.74) is 1.08. The Kier molecular flexibility index (Phi) is 4.61. The maximum Gasteiger partial charge on any atom is 0.120 e. The molecule has 2 rings (SSSR count). The van der Waals surface area contributed by atoms with Crippen molar-refractivity contribution < 1.29 is 5.11 Å². The van der Waals surface area contributed by atoms with E-state index in [0.717, 1.165) is 38.2 Å². The minimum Gasteiger partial charge on any atom is -0.508 e. The summed E-state index contributed by atoms with van der Waals surface area (Å²) in [5.74, 6) is 1.06. The van der Waals surface area contributed by atoms with Crippen molar-refractivity contribution in [2.45, 2.75) is 26.3 Å². The molecule has 1 aromatic carbocycles. The average Bonchev–Trinajstić information content (AvgIpc) is 2.38. The third kappa shape index (κ3) is 3.24. The van der Waals surface area contributed by atoms with Gasteiger partial charge < -0.3 is 10.4 Å². The van der Waals surface area contributed by atoms with E-state index >= 15 is 0 Å². The molecule has 0 aliphatic carbocycles. The second-order valence-corrected chi connectivity index (χ2v) is 5.49. The van der Waals surface area contributed by atoms with Gasteiger partial charge in [-0.1, -0.05) is 32.0 Å². The van der Waals surface area contributed by atoms with Crippen LogP contribution in [0.5, 0.6) is 5.75 Å². The molecule has 18 heavy (non-hydrogen) atoms. The van der Waals surface area contributed by atoms with Crippen LogP contribution in [0.4, 0.5) is 0 Å². The van der Waals surface area contributed by atoms with Crippen LogP contribution in [0, 0.1) is 5.92 Å². The van der Waals surface area contributed by atoms with E-state index in [1.807, 2.05) is 12.1 Å². The van der Waals surface area contributed by atoms with Crippen molar-refractivity contribution in [3.8, 4) is 5.75 Å². The van der Waals surface area contributed by atoms with Gasteiger partial charge in [-0.05, 0) is 18.4 Å². The molecule has 1 fully saturated rings. The molecule has 3 nitrogen and oxygen atoms in total. The second kappa shape index (κ2) is 6.21. The van der Waals surface area contributed by atoms with Crippen molar-refractivity contribution in [1.29, 1.82) is 0 Å². The Balaban J connectivity index is 2.21. The van der Waals surface area contributed by atoms with Crippen molar-refractivity contribution in [1.82, 2.24) is 10.2 Å². The van der Waals surface area contributed by atoms with Gasteiger partial charge in [-0.25, -0.2) is 0 Å². The molecule has 1 aliphatic heterocycles. The largest absolute Gasteiger partial charge is 0.508 e. The van der Waals surface area contributed by atoms with Gasteiger partial charge in [0.25, 0.3) is 0 Å². The second-order valence-electron chi connectivity index (χ2n) is 5.49. The zero-order valence-electron chi connectivity index (χ0n) is 11.4. The Morgan fingerprint density at radius 2 is 1.89 bits per heavy atom. The Hall–Kier alpha value is -1.06. The number of rotatable bonds is 4. The molecule has 0 amide bonds. The molecule has 1 aliphatic rings. The van der Waals surface area contributed by atoms with Gasteiger partial charge in [0.2, 0.25) is 0 Å². The van der Waals surface area contributed by atoms with Crippen LogP contribution in [0.1, 0.15) is 31.9 Å². The number of phenolic OH excluding ortho intramolecular Hbond substituents is 1. The van der Waals surface area contributed by atoms with Gasteiger partial charge >= 0.3 is 0 Å². The Morgan fingerprint density at radius 3 is 2.50 bits per heavy atom. The van der Waals surface area contributed by atoms with Gasteiger partial charge in [0, 0.05) is 37.8 Å².